The summed E-state index contributed by atoms with van der Waals surface area (Å²) in [5, 5.41) is 28.9. The van der Waals surface area contributed by atoms with E-state index in [0.717, 1.165) is 109 Å². The highest BCUT2D eigenvalue weighted by Crippen LogP contribution is 2.56. The van der Waals surface area contributed by atoms with Gasteiger partial charge in [-0.05, 0) is 77.2 Å². The maximum atomic E-state index is 12.4. The van der Waals surface area contributed by atoms with E-state index in [1.54, 1.807) is 0 Å². The van der Waals surface area contributed by atoms with Crippen molar-refractivity contribution in [3.05, 3.63) is 160 Å². The van der Waals surface area contributed by atoms with Gasteiger partial charge in [0.05, 0.1) is 34.3 Å². The first kappa shape index (κ1) is 44.2. The van der Waals surface area contributed by atoms with Crippen molar-refractivity contribution in [2.24, 2.45) is 0 Å². The lowest BCUT2D eigenvalue weighted by Gasteiger charge is -2.31. The molecule has 1 aromatic heterocycles. The van der Waals surface area contributed by atoms with Gasteiger partial charge in [0.25, 0.3) is 12.3 Å². The van der Waals surface area contributed by atoms with Gasteiger partial charge in [-0.1, -0.05) is 146 Å². The fourth-order valence-electron chi connectivity index (χ4n) is 9.92. The molecule has 6 aromatic carbocycles. The average molecular weight is 891 g/mol. The predicted molar refractivity (Wildman–Crippen MR) is 260 cm³/mol. The summed E-state index contributed by atoms with van der Waals surface area (Å²) in [7, 11) is 0. The Balaban J connectivity index is 1.34. The van der Waals surface area contributed by atoms with Crippen LogP contribution in [0.5, 0.6) is 0 Å². The van der Waals surface area contributed by atoms with Crippen molar-refractivity contribution in [2.45, 2.75) is 77.8 Å². The molecule has 0 spiro atoms. The van der Waals surface area contributed by atoms with Crippen molar-refractivity contribution < 1.29 is 24.0 Å². The molecule has 324 valence electrons. The van der Waals surface area contributed by atoms with Gasteiger partial charge in [0, 0.05) is 40.7 Å². The van der Waals surface area contributed by atoms with E-state index in [1.165, 1.54) is 0 Å². The van der Waals surface area contributed by atoms with Crippen molar-refractivity contribution in [1.29, 1.82) is 5.26 Å². The number of allylic oxidation sites excluding steroid dienone is 6. The van der Waals surface area contributed by atoms with Crippen molar-refractivity contribution in [2.75, 3.05) is 18.1 Å². The number of unbranched alkanes of at least 4 members (excludes halogenated alkanes) is 3. The third-order valence-electron chi connectivity index (χ3n) is 12.6. The van der Waals surface area contributed by atoms with Crippen LogP contribution in [0.25, 0.3) is 48.9 Å². The van der Waals surface area contributed by atoms with Crippen molar-refractivity contribution in [3.63, 3.8) is 0 Å². The zero-order chi connectivity index (χ0) is 45.0. The summed E-state index contributed by atoms with van der Waals surface area (Å²) in [6.45, 7) is 8.35. The van der Waals surface area contributed by atoms with Gasteiger partial charge < -0.3 is 14.7 Å². The number of ether oxygens (including phenoxy) is 1. The van der Waals surface area contributed by atoms with Crippen LogP contribution in [0.1, 0.15) is 69.8 Å². The molecule has 0 radical (unpaired) electrons. The molecule has 1 aliphatic heterocycles. The zero-order valence-electron chi connectivity index (χ0n) is 36.4. The summed E-state index contributed by atoms with van der Waals surface area (Å²) in [5.41, 5.74) is 6.26. The number of imidazole rings is 1. The lowest BCUT2D eigenvalue weighted by Crippen LogP contribution is -2.38. The van der Waals surface area contributed by atoms with Crippen molar-refractivity contribution in [3.8, 4) is 6.07 Å². The maximum Gasteiger partial charge on any atom is 0.305 e. The van der Waals surface area contributed by atoms with E-state index in [9.17, 15) is 20.0 Å². The second kappa shape index (κ2) is 19.1. The minimum absolute atomic E-state index is 0.123. The Kier molecular flexibility index (Phi) is 13.2. The Labute approximate surface area is 383 Å². The van der Waals surface area contributed by atoms with E-state index < -0.39 is 11.4 Å². The number of fused-ring (bicyclic) bond motifs is 8. The summed E-state index contributed by atoms with van der Waals surface area (Å²) in [6, 6.07) is 37.9. The zero-order valence-corrected chi connectivity index (χ0v) is 37.9. The highest BCUT2D eigenvalue weighted by Gasteiger charge is 2.47. The summed E-state index contributed by atoms with van der Waals surface area (Å²) in [4.78, 5) is 25.8. The van der Waals surface area contributed by atoms with Crippen LogP contribution < -0.4 is 9.47 Å². The molecule has 0 saturated heterocycles. The summed E-state index contributed by atoms with van der Waals surface area (Å²) >= 11 is 13.2. The topological polar surface area (TPSA) is 99.4 Å². The number of anilines is 1. The minimum atomic E-state index is -0.916. The highest BCUT2D eigenvalue weighted by atomic mass is 35.5. The number of hydrogen-bond donors (Lipinski definition) is 1. The molecule has 1 unspecified atom stereocenters. The fourth-order valence-corrected chi connectivity index (χ4v) is 10.2. The van der Waals surface area contributed by atoms with Gasteiger partial charge >= 0.3 is 5.97 Å². The van der Waals surface area contributed by atoms with E-state index in [1.807, 2.05) is 61.5 Å². The quantitative estimate of drug-likeness (QED) is 0.0244. The molecule has 0 saturated carbocycles. The number of nitrogens with zero attached hydrogens (tertiary/aromatic N) is 4. The van der Waals surface area contributed by atoms with E-state index in [2.05, 4.69) is 101 Å². The number of carboxylic acid groups (broad SMARTS) is 1. The predicted octanol–water partition coefficient (Wildman–Crippen LogP) is 12.7. The van der Waals surface area contributed by atoms with Gasteiger partial charge in [-0.2, -0.15) is 5.26 Å². The molecular weight excluding hydrogens is 840 g/mol. The monoisotopic (exact) mass is 889 g/mol. The van der Waals surface area contributed by atoms with Crippen LogP contribution in [0.3, 0.4) is 0 Å². The van der Waals surface area contributed by atoms with Gasteiger partial charge in [0.2, 0.25) is 0 Å². The van der Waals surface area contributed by atoms with E-state index in [-0.39, 0.29) is 19.6 Å². The molecule has 10 heteroatoms. The Morgan fingerprint density at radius 1 is 0.875 bits per heavy atom. The lowest BCUT2D eigenvalue weighted by molar-refractivity contribution is -0.675. The third-order valence-corrected chi connectivity index (χ3v) is 13.3. The molecule has 2 heterocycles. The smallest absolute Gasteiger partial charge is 0.305 e. The number of rotatable bonds is 17. The average Bonchev–Trinajstić information content (AvgIpc) is 3.73. The molecule has 8 nitrogen and oxygen atoms in total. The van der Waals surface area contributed by atoms with Gasteiger partial charge in [0.15, 0.2) is 11.0 Å². The Bertz CT molecular complexity index is 3090. The van der Waals surface area contributed by atoms with Crippen LogP contribution in [0.15, 0.2) is 133 Å². The number of halogens is 2. The second-order valence-electron chi connectivity index (χ2n) is 16.8. The molecular formula is C54H51Cl2N4O4+. The number of carbonyl (C=O) groups is 2. The van der Waals surface area contributed by atoms with Gasteiger partial charge in [-0.15, -0.1) is 0 Å². The van der Waals surface area contributed by atoms with Crippen LogP contribution in [-0.4, -0.2) is 35.3 Å². The number of aryl methyl sites for hydroxylation is 1. The molecule has 0 aliphatic carbocycles. The molecule has 1 aliphatic rings. The standard InChI is InChI=1S/C54H50Cl2N4O4/c1-4-5-6-13-26-58-47-31-45(55)46(56)32-48(47)59(28-29-64-35-61)53(58)36(2)15-14-18-40(34-57)52-54(3,33-37-23-24-38-16-7-8-17-39(38)30-37)50-43-21-11-9-19-41(43)42-20-10-12-22-44(42)51(50)60(52)27-25-49(62)63/h7-12,14-24,30-32,35H,4-6,13,25-29,33H2,1-3H3/p+1. The molecule has 0 fully saturated rings. The molecule has 8 rings (SSSR count). The molecule has 64 heavy (non-hydrogen) atoms. The first-order chi connectivity index (χ1) is 31.1. The molecule has 1 atom stereocenters. The minimum Gasteiger partial charge on any atom is -0.481 e. The van der Waals surface area contributed by atoms with Crippen LogP contribution in [-0.2, 0) is 39.3 Å². The summed E-state index contributed by atoms with van der Waals surface area (Å²) < 4.78 is 9.58. The Hall–Kier alpha value is -6.40. The van der Waals surface area contributed by atoms with Crippen molar-refractivity contribution in [1.82, 2.24) is 4.57 Å². The van der Waals surface area contributed by atoms with Crippen LogP contribution in [0, 0.1) is 11.3 Å². The SMILES string of the molecule is CCCCCC[n+]1c(C(C)=CC=CC(C#N)=C2N(CCC(=O)O)c3c(c4ccccc4c4ccccc34)C2(C)Cc2ccc3ccccc3c2)n(CCOC=O)c2cc(Cl)c(Cl)cc21. The van der Waals surface area contributed by atoms with E-state index in [0.29, 0.717) is 35.1 Å². The highest BCUT2D eigenvalue weighted by molar-refractivity contribution is 6.42. The summed E-state index contributed by atoms with van der Waals surface area (Å²) in [6.07, 6.45) is 10.5. The van der Waals surface area contributed by atoms with Crippen LogP contribution >= 0.6 is 23.2 Å². The normalized spacial score (nSPS) is 16.0. The number of hydrogen-bond acceptors (Lipinski definition) is 5. The lowest BCUT2D eigenvalue weighted by atomic mass is 9.73. The second-order valence-corrected chi connectivity index (χ2v) is 17.6. The fraction of sp³-hybridized carbons (Fsp3) is 0.259. The Morgan fingerprint density at radius 3 is 2.28 bits per heavy atom. The van der Waals surface area contributed by atoms with Crippen LogP contribution in [0.4, 0.5) is 5.69 Å². The molecule has 1 N–H and O–H groups in total. The molecule has 7 aromatic rings. The van der Waals surface area contributed by atoms with Gasteiger partial charge in [-0.3, -0.25) is 9.59 Å². The van der Waals surface area contributed by atoms with E-state index in [4.69, 9.17) is 27.9 Å². The van der Waals surface area contributed by atoms with Crippen LogP contribution in [0.2, 0.25) is 10.0 Å². The molecule has 0 amide bonds. The molecule has 0 bridgehead atoms. The van der Waals surface area contributed by atoms with Gasteiger partial charge in [-0.25, -0.2) is 9.13 Å². The largest absolute Gasteiger partial charge is 0.481 e. The first-order valence-electron chi connectivity index (χ1n) is 22.0. The number of nitriles is 1. The first-order valence-corrected chi connectivity index (χ1v) is 22.7. The number of carboxylic acids is 1. The van der Waals surface area contributed by atoms with Gasteiger partial charge in [0.1, 0.15) is 19.2 Å². The number of carbonyl (C=O) groups excluding carboxylic acids is 1. The van der Waals surface area contributed by atoms with Crippen molar-refractivity contribution >= 4 is 90.3 Å². The number of benzene rings is 6. The summed E-state index contributed by atoms with van der Waals surface area (Å²) in [5.74, 6) is -0.00757. The maximum absolute atomic E-state index is 12.4. The number of aliphatic carboxylic acids is 1. The van der Waals surface area contributed by atoms with E-state index >= 15 is 0 Å². The number of aromatic nitrogens is 2. The third kappa shape index (κ3) is 8.38. The Morgan fingerprint density at radius 2 is 1.56 bits per heavy atom.